The van der Waals surface area contributed by atoms with Crippen molar-refractivity contribution < 1.29 is 4.52 Å². The normalized spacial score (nSPS) is 18.5. The van der Waals surface area contributed by atoms with Crippen LogP contribution >= 0.6 is 0 Å². The molecule has 0 saturated carbocycles. The number of nitrogens with zero attached hydrogens (tertiary/aromatic N) is 6. The van der Waals surface area contributed by atoms with E-state index in [2.05, 4.69) is 44.2 Å². The third-order valence-electron chi connectivity index (χ3n) is 4.61. The highest BCUT2D eigenvalue weighted by atomic mass is 16.5. The van der Waals surface area contributed by atoms with E-state index in [1.165, 1.54) is 18.4 Å². The molecule has 1 aliphatic heterocycles. The number of likely N-dealkylation sites (tertiary alicyclic amines) is 1. The van der Waals surface area contributed by atoms with Crippen LogP contribution in [0.4, 0.5) is 0 Å². The van der Waals surface area contributed by atoms with E-state index in [4.69, 9.17) is 4.52 Å². The first-order valence-electron chi connectivity index (χ1n) is 8.70. The highest BCUT2D eigenvalue weighted by molar-refractivity contribution is 5.53. The van der Waals surface area contributed by atoms with Gasteiger partial charge in [-0.25, -0.2) is 4.98 Å². The summed E-state index contributed by atoms with van der Waals surface area (Å²) in [6.07, 6.45) is 5.78. The molecule has 0 bridgehead atoms. The molecule has 3 aromatic rings. The van der Waals surface area contributed by atoms with Crippen molar-refractivity contribution in [3.05, 3.63) is 48.3 Å². The van der Waals surface area contributed by atoms with Gasteiger partial charge in [-0.05, 0) is 44.4 Å². The topological polar surface area (TPSA) is 72.9 Å². The summed E-state index contributed by atoms with van der Waals surface area (Å²) < 4.78 is 7.36. The van der Waals surface area contributed by atoms with Gasteiger partial charge in [-0.3, -0.25) is 9.58 Å². The number of hydrogen-bond acceptors (Lipinski definition) is 6. The van der Waals surface area contributed by atoms with Crippen molar-refractivity contribution in [1.82, 2.24) is 29.8 Å². The van der Waals surface area contributed by atoms with Crippen LogP contribution < -0.4 is 0 Å². The SMILES string of the molecule is Cc1cccc(-c2nc(CN3CCCC(Cn4cncn4)C3)no2)c1. The molecule has 7 nitrogen and oxygen atoms in total. The molecular formula is C18H22N6O. The van der Waals surface area contributed by atoms with Crippen LogP contribution in [0.2, 0.25) is 0 Å². The maximum absolute atomic E-state index is 5.45. The van der Waals surface area contributed by atoms with Gasteiger partial charge in [0.25, 0.3) is 5.89 Å². The van der Waals surface area contributed by atoms with Gasteiger partial charge in [0.05, 0.1) is 6.54 Å². The molecule has 25 heavy (non-hydrogen) atoms. The van der Waals surface area contributed by atoms with Gasteiger partial charge in [0.15, 0.2) is 5.82 Å². The Bertz CT molecular complexity index is 813. The summed E-state index contributed by atoms with van der Waals surface area (Å²) in [5, 5.41) is 8.37. The second kappa shape index (κ2) is 7.14. The van der Waals surface area contributed by atoms with Gasteiger partial charge in [-0.1, -0.05) is 22.9 Å². The lowest BCUT2D eigenvalue weighted by atomic mass is 9.98. The number of hydrogen-bond donors (Lipinski definition) is 0. The van der Waals surface area contributed by atoms with E-state index in [0.29, 0.717) is 11.8 Å². The number of rotatable bonds is 5. The van der Waals surface area contributed by atoms with Crippen LogP contribution in [0.15, 0.2) is 41.4 Å². The first-order chi connectivity index (χ1) is 12.3. The Kier molecular flexibility index (Phi) is 4.56. The fourth-order valence-electron chi connectivity index (χ4n) is 3.45. The molecule has 130 valence electrons. The summed E-state index contributed by atoms with van der Waals surface area (Å²) in [4.78, 5) is 11.0. The van der Waals surface area contributed by atoms with Crippen LogP contribution in [-0.4, -0.2) is 42.9 Å². The van der Waals surface area contributed by atoms with Crippen molar-refractivity contribution in [1.29, 1.82) is 0 Å². The molecule has 1 aromatic carbocycles. The fourth-order valence-corrected chi connectivity index (χ4v) is 3.45. The Labute approximate surface area is 146 Å². The molecule has 0 amide bonds. The van der Waals surface area contributed by atoms with Gasteiger partial charge in [0.2, 0.25) is 0 Å². The summed E-state index contributed by atoms with van der Waals surface area (Å²) in [6.45, 7) is 5.79. The Morgan fingerprint density at radius 3 is 3.12 bits per heavy atom. The van der Waals surface area contributed by atoms with E-state index in [9.17, 15) is 0 Å². The van der Waals surface area contributed by atoms with E-state index in [-0.39, 0.29) is 0 Å². The lowest BCUT2D eigenvalue weighted by Crippen LogP contribution is -2.36. The van der Waals surface area contributed by atoms with Crippen LogP contribution in [0.5, 0.6) is 0 Å². The summed E-state index contributed by atoms with van der Waals surface area (Å²) in [5.74, 6) is 1.92. The van der Waals surface area contributed by atoms with Gasteiger partial charge >= 0.3 is 0 Å². The van der Waals surface area contributed by atoms with Crippen LogP contribution in [0, 0.1) is 12.8 Å². The van der Waals surface area contributed by atoms with Gasteiger partial charge in [-0.15, -0.1) is 0 Å². The summed E-state index contributed by atoms with van der Waals surface area (Å²) in [5.41, 5.74) is 2.16. The molecular weight excluding hydrogens is 316 g/mol. The van der Waals surface area contributed by atoms with Crippen molar-refractivity contribution in [3.63, 3.8) is 0 Å². The zero-order valence-electron chi connectivity index (χ0n) is 14.4. The predicted octanol–water partition coefficient (Wildman–Crippen LogP) is 2.55. The highest BCUT2D eigenvalue weighted by Gasteiger charge is 2.22. The summed E-state index contributed by atoms with van der Waals surface area (Å²) >= 11 is 0. The first kappa shape index (κ1) is 16.0. The van der Waals surface area contributed by atoms with Crippen molar-refractivity contribution in [2.45, 2.75) is 32.9 Å². The molecule has 0 spiro atoms. The average Bonchev–Trinajstić information content (AvgIpc) is 3.27. The van der Waals surface area contributed by atoms with Crippen molar-refractivity contribution in [2.24, 2.45) is 5.92 Å². The highest BCUT2D eigenvalue weighted by Crippen LogP contribution is 2.21. The van der Waals surface area contributed by atoms with E-state index in [1.807, 2.05) is 16.8 Å². The Balaban J connectivity index is 1.38. The minimum Gasteiger partial charge on any atom is -0.334 e. The summed E-state index contributed by atoms with van der Waals surface area (Å²) in [7, 11) is 0. The fraction of sp³-hybridized carbons (Fsp3) is 0.444. The van der Waals surface area contributed by atoms with Crippen molar-refractivity contribution in [3.8, 4) is 11.5 Å². The van der Waals surface area contributed by atoms with Gasteiger partial charge < -0.3 is 4.52 Å². The maximum atomic E-state index is 5.45. The molecule has 1 saturated heterocycles. The summed E-state index contributed by atoms with van der Waals surface area (Å²) in [6, 6.07) is 8.13. The Hall–Kier alpha value is -2.54. The zero-order chi connectivity index (χ0) is 17.1. The molecule has 1 atom stereocenters. The number of aromatic nitrogens is 5. The van der Waals surface area contributed by atoms with Crippen LogP contribution in [0.25, 0.3) is 11.5 Å². The van der Waals surface area contributed by atoms with E-state index >= 15 is 0 Å². The third-order valence-corrected chi connectivity index (χ3v) is 4.61. The number of piperidine rings is 1. The molecule has 0 aliphatic carbocycles. The quantitative estimate of drug-likeness (QED) is 0.712. The molecule has 7 heteroatoms. The predicted molar refractivity (Wildman–Crippen MR) is 92.5 cm³/mol. The van der Waals surface area contributed by atoms with Crippen LogP contribution in [-0.2, 0) is 13.1 Å². The average molecular weight is 338 g/mol. The molecule has 3 heterocycles. The first-order valence-corrected chi connectivity index (χ1v) is 8.70. The molecule has 2 aromatic heterocycles. The molecule has 0 N–H and O–H groups in total. The minimum absolute atomic E-state index is 0.582. The monoisotopic (exact) mass is 338 g/mol. The van der Waals surface area contributed by atoms with Gasteiger partial charge in [0, 0.05) is 18.7 Å². The standard InChI is InChI=1S/C18H22N6O/c1-14-4-2-6-16(8-14)18-21-17(22-25-18)11-23-7-3-5-15(9-23)10-24-13-19-12-20-24/h2,4,6,8,12-13,15H,3,5,7,9-11H2,1H3. The number of benzene rings is 1. The van der Waals surface area contributed by atoms with Crippen LogP contribution in [0.1, 0.15) is 24.2 Å². The lowest BCUT2D eigenvalue weighted by molar-refractivity contribution is 0.149. The third kappa shape index (κ3) is 3.93. The van der Waals surface area contributed by atoms with E-state index in [1.54, 1.807) is 12.7 Å². The van der Waals surface area contributed by atoms with Crippen molar-refractivity contribution in [2.75, 3.05) is 13.1 Å². The molecule has 1 aliphatic rings. The van der Waals surface area contributed by atoms with Crippen molar-refractivity contribution >= 4 is 0 Å². The largest absolute Gasteiger partial charge is 0.334 e. The van der Waals surface area contributed by atoms with E-state index in [0.717, 1.165) is 37.6 Å². The number of aryl methyl sites for hydroxylation is 1. The Morgan fingerprint density at radius 2 is 2.28 bits per heavy atom. The molecule has 1 unspecified atom stereocenters. The van der Waals surface area contributed by atoms with Crippen LogP contribution in [0.3, 0.4) is 0 Å². The molecule has 4 rings (SSSR count). The Morgan fingerprint density at radius 1 is 1.32 bits per heavy atom. The molecule has 0 radical (unpaired) electrons. The molecule has 1 fully saturated rings. The second-order valence-corrected chi connectivity index (χ2v) is 6.75. The smallest absolute Gasteiger partial charge is 0.257 e. The lowest BCUT2D eigenvalue weighted by Gasteiger charge is -2.31. The van der Waals surface area contributed by atoms with Gasteiger partial charge in [-0.2, -0.15) is 10.1 Å². The van der Waals surface area contributed by atoms with Gasteiger partial charge in [0.1, 0.15) is 12.7 Å². The maximum Gasteiger partial charge on any atom is 0.257 e. The van der Waals surface area contributed by atoms with E-state index < -0.39 is 0 Å². The zero-order valence-corrected chi connectivity index (χ0v) is 14.4. The minimum atomic E-state index is 0.582. The second-order valence-electron chi connectivity index (χ2n) is 6.75.